The minimum Gasteiger partial charge on any atom is -0.274 e. The molecule has 0 bridgehead atoms. The monoisotopic (exact) mass is 243 g/mol. The zero-order valence-electron chi connectivity index (χ0n) is 10.1. The van der Waals surface area contributed by atoms with Gasteiger partial charge < -0.3 is 0 Å². The van der Waals surface area contributed by atoms with E-state index in [9.17, 15) is 4.79 Å². The van der Waals surface area contributed by atoms with E-state index in [-0.39, 0.29) is 11.9 Å². The Kier molecular flexibility index (Phi) is 3.47. The van der Waals surface area contributed by atoms with Crippen LogP contribution in [0.5, 0.6) is 0 Å². The maximum absolute atomic E-state index is 10.7. The lowest BCUT2D eigenvalue weighted by atomic mass is 10.1. The van der Waals surface area contributed by atoms with Crippen LogP contribution in [0.3, 0.4) is 0 Å². The van der Waals surface area contributed by atoms with Gasteiger partial charge in [-0.25, -0.2) is 4.98 Å². The minimum absolute atomic E-state index is 0.219. The van der Waals surface area contributed by atoms with Gasteiger partial charge in [-0.15, -0.1) is 10.2 Å². The standard InChI is InChI=1S/C12H13N5O/c1-8-11(10-6-4-3-5-7-10)15-17-12(13-8)16-14-9(2)18/h3-7H,1-2H3,(H,14,18)(H,13,16,17). The molecule has 0 radical (unpaired) electrons. The maximum atomic E-state index is 10.7. The number of hydrazine groups is 1. The molecule has 2 rings (SSSR count). The third-order valence-corrected chi connectivity index (χ3v) is 2.26. The lowest BCUT2D eigenvalue weighted by Crippen LogP contribution is -2.28. The number of hydrogen-bond acceptors (Lipinski definition) is 5. The molecule has 0 aliphatic carbocycles. The first-order chi connectivity index (χ1) is 8.66. The fourth-order valence-corrected chi connectivity index (χ4v) is 1.46. The van der Waals surface area contributed by atoms with Gasteiger partial charge in [0.15, 0.2) is 0 Å². The van der Waals surface area contributed by atoms with Crippen LogP contribution < -0.4 is 10.9 Å². The third-order valence-electron chi connectivity index (χ3n) is 2.26. The van der Waals surface area contributed by atoms with Gasteiger partial charge in [0, 0.05) is 12.5 Å². The third kappa shape index (κ3) is 2.79. The van der Waals surface area contributed by atoms with E-state index in [1.165, 1.54) is 6.92 Å². The summed E-state index contributed by atoms with van der Waals surface area (Å²) >= 11 is 0. The average Bonchev–Trinajstić information content (AvgIpc) is 2.37. The molecule has 0 atom stereocenters. The largest absolute Gasteiger partial charge is 0.274 e. The van der Waals surface area contributed by atoms with Gasteiger partial charge in [0.25, 0.3) is 5.95 Å². The van der Waals surface area contributed by atoms with Gasteiger partial charge in [0.1, 0.15) is 5.69 Å². The predicted molar refractivity (Wildman–Crippen MR) is 67.4 cm³/mol. The minimum atomic E-state index is -0.219. The van der Waals surface area contributed by atoms with Crippen LogP contribution in [-0.2, 0) is 4.79 Å². The van der Waals surface area contributed by atoms with Gasteiger partial charge in [0.2, 0.25) is 5.91 Å². The topological polar surface area (TPSA) is 79.8 Å². The molecule has 0 aliphatic rings. The molecule has 0 aliphatic heterocycles. The number of anilines is 1. The molecule has 0 saturated heterocycles. The zero-order valence-corrected chi connectivity index (χ0v) is 10.1. The SMILES string of the molecule is CC(=O)NNc1nnc(-c2ccccc2)c(C)n1. The highest BCUT2D eigenvalue weighted by Gasteiger charge is 2.07. The molecule has 6 heteroatoms. The molecular weight excluding hydrogens is 230 g/mol. The van der Waals surface area contributed by atoms with E-state index in [4.69, 9.17) is 0 Å². The molecule has 92 valence electrons. The molecule has 1 aromatic carbocycles. The second kappa shape index (κ2) is 5.22. The van der Waals surface area contributed by atoms with Crippen LogP contribution in [0.2, 0.25) is 0 Å². The van der Waals surface area contributed by atoms with Crippen LogP contribution in [0.1, 0.15) is 12.6 Å². The van der Waals surface area contributed by atoms with Gasteiger partial charge in [0.05, 0.1) is 5.69 Å². The lowest BCUT2D eigenvalue weighted by Gasteiger charge is -2.07. The highest BCUT2D eigenvalue weighted by atomic mass is 16.2. The summed E-state index contributed by atoms with van der Waals surface area (Å²) in [5.74, 6) is 0.0470. The summed E-state index contributed by atoms with van der Waals surface area (Å²) in [5, 5.41) is 8.00. The Labute approximate surface area is 104 Å². The van der Waals surface area contributed by atoms with Crippen molar-refractivity contribution in [3.63, 3.8) is 0 Å². The smallest absolute Gasteiger partial charge is 0.261 e. The number of carbonyl (C=O) groups is 1. The van der Waals surface area contributed by atoms with Crippen LogP contribution in [0.15, 0.2) is 30.3 Å². The number of nitrogens with zero attached hydrogens (tertiary/aromatic N) is 3. The van der Waals surface area contributed by atoms with Gasteiger partial charge in [-0.1, -0.05) is 30.3 Å². The number of rotatable bonds is 3. The fourth-order valence-electron chi connectivity index (χ4n) is 1.46. The van der Waals surface area contributed by atoms with Crippen LogP contribution >= 0.6 is 0 Å². The van der Waals surface area contributed by atoms with Crippen molar-refractivity contribution < 1.29 is 4.79 Å². The molecule has 1 amide bonds. The zero-order chi connectivity index (χ0) is 13.0. The number of amides is 1. The molecule has 18 heavy (non-hydrogen) atoms. The molecule has 2 aromatic rings. The van der Waals surface area contributed by atoms with E-state index in [0.29, 0.717) is 0 Å². The summed E-state index contributed by atoms with van der Waals surface area (Å²) in [6, 6.07) is 9.69. The van der Waals surface area contributed by atoms with E-state index in [1.54, 1.807) is 0 Å². The van der Waals surface area contributed by atoms with Crippen molar-refractivity contribution >= 4 is 11.9 Å². The van der Waals surface area contributed by atoms with E-state index in [2.05, 4.69) is 26.0 Å². The first kappa shape index (κ1) is 12.0. The summed E-state index contributed by atoms with van der Waals surface area (Å²) in [7, 11) is 0. The summed E-state index contributed by atoms with van der Waals surface area (Å²) in [5.41, 5.74) is 7.40. The number of nitrogens with one attached hydrogen (secondary N) is 2. The summed E-state index contributed by atoms with van der Waals surface area (Å²) in [4.78, 5) is 15.0. The van der Waals surface area contributed by atoms with Crippen molar-refractivity contribution in [2.24, 2.45) is 0 Å². The number of carbonyl (C=O) groups excluding carboxylic acids is 1. The quantitative estimate of drug-likeness (QED) is 0.794. The summed E-state index contributed by atoms with van der Waals surface area (Å²) < 4.78 is 0. The van der Waals surface area contributed by atoms with Gasteiger partial charge >= 0.3 is 0 Å². The van der Waals surface area contributed by atoms with E-state index >= 15 is 0 Å². The second-order valence-corrected chi connectivity index (χ2v) is 3.74. The lowest BCUT2D eigenvalue weighted by molar-refractivity contribution is -0.118. The van der Waals surface area contributed by atoms with Crippen molar-refractivity contribution in [3.05, 3.63) is 36.0 Å². The van der Waals surface area contributed by atoms with Crippen molar-refractivity contribution in [1.29, 1.82) is 0 Å². The number of benzene rings is 1. The Hall–Kier alpha value is -2.50. The van der Waals surface area contributed by atoms with Crippen molar-refractivity contribution in [2.45, 2.75) is 13.8 Å². The first-order valence-electron chi connectivity index (χ1n) is 5.46. The summed E-state index contributed by atoms with van der Waals surface area (Å²) in [6.45, 7) is 3.24. The molecule has 1 heterocycles. The first-order valence-corrected chi connectivity index (χ1v) is 5.46. The average molecular weight is 243 g/mol. The number of aryl methyl sites for hydroxylation is 1. The number of hydrogen-bond donors (Lipinski definition) is 2. The second-order valence-electron chi connectivity index (χ2n) is 3.74. The Morgan fingerprint density at radius 1 is 1.17 bits per heavy atom. The molecule has 1 aromatic heterocycles. The number of aromatic nitrogens is 3. The summed E-state index contributed by atoms with van der Waals surface area (Å²) in [6.07, 6.45) is 0. The Morgan fingerprint density at radius 3 is 2.50 bits per heavy atom. The van der Waals surface area contributed by atoms with Crippen LogP contribution in [0, 0.1) is 6.92 Å². The molecule has 0 saturated carbocycles. The Morgan fingerprint density at radius 2 is 1.89 bits per heavy atom. The molecule has 6 nitrogen and oxygen atoms in total. The van der Waals surface area contributed by atoms with Crippen LogP contribution in [-0.4, -0.2) is 21.1 Å². The normalized spacial score (nSPS) is 9.89. The fraction of sp³-hybridized carbons (Fsp3) is 0.167. The highest BCUT2D eigenvalue weighted by molar-refractivity contribution is 5.74. The van der Waals surface area contributed by atoms with Crippen molar-refractivity contribution in [2.75, 3.05) is 5.43 Å². The van der Waals surface area contributed by atoms with Crippen LogP contribution in [0.25, 0.3) is 11.3 Å². The molecule has 0 unspecified atom stereocenters. The Balaban J connectivity index is 2.23. The van der Waals surface area contributed by atoms with Crippen molar-refractivity contribution in [3.8, 4) is 11.3 Å². The molecule has 2 N–H and O–H groups in total. The van der Waals surface area contributed by atoms with E-state index in [0.717, 1.165) is 17.0 Å². The van der Waals surface area contributed by atoms with Gasteiger partial charge in [-0.3, -0.25) is 15.6 Å². The molecular formula is C12H13N5O. The predicted octanol–water partition coefficient (Wildman–Crippen LogP) is 1.31. The highest BCUT2D eigenvalue weighted by Crippen LogP contribution is 2.18. The van der Waals surface area contributed by atoms with Gasteiger partial charge in [-0.2, -0.15) is 0 Å². The maximum Gasteiger partial charge on any atom is 0.261 e. The molecule has 0 fully saturated rings. The van der Waals surface area contributed by atoms with Crippen LogP contribution in [0.4, 0.5) is 5.95 Å². The molecule has 0 spiro atoms. The van der Waals surface area contributed by atoms with E-state index < -0.39 is 0 Å². The van der Waals surface area contributed by atoms with Crippen molar-refractivity contribution in [1.82, 2.24) is 20.6 Å². The van der Waals surface area contributed by atoms with Gasteiger partial charge in [-0.05, 0) is 6.92 Å². The van der Waals surface area contributed by atoms with E-state index in [1.807, 2.05) is 37.3 Å². The Bertz CT molecular complexity index is 556.